The van der Waals surface area contributed by atoms with Crippen molar-refractivity contribution in [2.75, 3.05) is 13.2 Å². The Balaban J connectivity index is 1.56. The minimum atomic E-state index is -0.370. The minimum absolute atomic E-state index is 0.103. The second-order valence-corrected chi connectivity index (χ2v) is 11.0. The molecule has 0 aromatic rings. The molecule has 3 aliphatic heterocycles. The highest BCUT2D eigenvalue weighted by molar-refractivity contribution is 5.24. The van der Waals surface area contributed by atoms with Crippen LogP contribution in [0.3, 0.4) is 0 Å². The van der Waals surface area contributed by atoms with E-state index in [0.717, 1.165) is 44.9 Å². The minimum Gasteiger partial charge on any atom is -0.396 e. The van der Waals surface area contributed by atoms with Crippen molar-refractivity contribution < 1.29 is 14.9 Å². The summed E-state index contributed by atoms with van der Waals surface area (Å²) in [7, 11) is 0. The van der Waals surface area contributed by atoms with Crippen molar-refractivity contribution >= 4 is 0 Å². The smallest absolute Gasteiger partial charge is 0.0934 e. The summed E-state index contributed by atoms with van der Waals surface area (Å²) in [6.45, 7) is 4.72. The zero-order valence-electron chi connectivity index (χ0n) is 18.6. The van der Waals surface area contributed by atoms with Crippen LogP contribution in [-0.2, 0) is 4.74 Å². The van der Waals surface area contributed by atoms with Crippen molar-refractivity contribution in [3.05, 3.63) is 23.9 Å². The summed E-state index contributed by atoms with van der Waals surface area (Å²) in [4.78, 5) is 0. The highest BCUT2D eigenvalue weighted by atomic mass is 16.5. The lowest BCUT2D eigenvalue weighted by atomic mass is 9.52. The third-order valence-corrected chi connectivity index (χ3v) is 8.47. The molecule has 5 aliphatic rings. The summed E-state index contributed by atoms with van der Waals surface area (Å²) in [6, 6.07) is 0. The molecule has 7 unspecified atom stereocenters. The molecule has 0 radical (unpaired) electrons. The molecule has 0 aromatic carbocycles. The molecule has 0 amide bonds. The highest BCUT2D eigenvalue weighted by Gasteiger charge is 2.63. The molecule has 30 heavy (non-hydrogen) atoms. The summed E-state index contributed by atoms with van der Waals surface area (Å²) < 4.78 is 6.89. The van der Waals surface area contributed by atoms with Gasteiger partial charge in [-0.1, -0.05) is 6.08 Å². The largest absolute Gasteiger partial charge is 0.396 e. The molecule has 0 spiro atoms. The molecule has 6 nitrogen and oxygen atoms in total. The Hall–Kier alpha value is -0.920. The van der Waals surface area contributed by atoms with E-state index in [4.69, 9.17) is 16.2 Å². The molecule has 4 fully saturated rings. The van der Waals surface area contributed by atoms with Crippen LogP contribution in [-0.4, -0.2) is 46.3 Å². The third-order valence-electron chi connectivity index (χ3n) is 8.47. The van der Waals surface area contributed by atoms with Gasteiger partial charge >= 0.3 is 0 Å². The van der Waals surface area contributed by atoms with Gasteiger partial charge in [0.25, 0.3) is 0 Å². The van der Waals surface area contributed by atoms with Crippen LogP contribution in [0.1, 0.15) is 65.2 Å². The first-order chi connectivity index (χ1) is 14.2. The van der Waals surface area contributed by atoms with Gasteiger partial charge in [-0.3, -0.25) is 0 Å². The maximum atomic E-state index is 10.1. The molecule has 170 valence electrons. The lowest BCUT2D eigenvalue weighted by Gasteiger charge is -2.65. The van der Waals surface area contributed by atoms with E-state index in [1.165, 1.54) is 5.57 Å². The van der Waals surface area contributed by atoms with Crippen LogP contribution in [0.2, 0.25) is 0 Å². The Labute approximate surface area is 181 Å². The number of aliphatic hydroxyl groups is 2. The third kappa shape index (κ3) is 4.09. The van der Waals surface area contributed by atoms with E-state index >= 15 is 0 Å². The first-order valence-electron chi connectivity index (χ1n) is 11.8. The first-order valence-corrected chi connectivity index (χ1v) is 11.8. The average Bonchev–Trinajstić information content (AvgIpc) is 2.68. The van der Waals surface area contributed by atoms with Crippen LogP contribution in [0.25, 0.3) is 0 Å². The Kier molecular flexibility index (Phi) is 6.10. The van der Waals surface area contributed by atoms with Crippen molar-refractivity contribution in [1.29, 1.82) is 0 Å². The molecule has 7 N–H and O–H groups in total. The van der Waals surface area contributed by atoms with Gasteiger partial charge in [0.15, 0.2) is 0 Å². The van der Waals surface area contributed by atoms with Crippen LogP contribution >= 0.6 is 0 Å². The predicted octanol–water partition coefficient (Wildman–Crippen LogP) is 2.16. The van der Waals surface area contributed by atoms with Gasteiger partial charge in [0.05, 0.1) is 17.4 Å². The number of dihydropyridines is 1. The van der Waals surface area contributed by atoms with Crippen LogP contribution in [0, 0.1) is 23.7 Å². The Bertz CT molecular complexity index is 693. The maximum Gasteiger partial charge on any atom is 0.0934 e. The molecular weight excluding hydrogens is 378 g/mol. The summed E-state index contributed by atoms with van der Waals surface area (Å²) >= 11 is 0. The predicted molar refractivity (Wildman–Crippen MR) is 118 cm³/mol. The standard InChI is InChI=1S/C24H41N3O3/c1-22(2)20-5-6-24(30-22,15-23(20,26)7-8-28)19-11-17(10-18(12-19)14-29)9-16-3-4-21(25)27-13-16/h3-4,13,17-21,27-29H,5-12,14-15,25-26H2,1-2H3. The summed E-state index contributed by atoms with van der Waals surface area (Å²) in [5, 5.41) is 23.0. The Morgan fingerprint density at radius 2 is 1.97 bits per heavy atom. The molecule has 2 saturated heterocycles. The molecule has 5 rings (SSSR count). The lowest BCUT2D eigenvalue weighted by molar-refractivity contribution is -0.289. The van der Waals surface area contributed by atoms with Crippen molar-refractivity contribution in [2.24, 2.45) is 35.1 Å². The van der Waals surface area contributed by atoms with Crippen molar-refractivity contribution in [3.63, 3.8) is 0 Å². The number of ether oxygens (including phenoxy) is 1. The van der Waals surface area contributed by atoms with E-state index in [2.05, 4.69) is 25.2 Å². The number of rotatable bonds is 6. The normalized spacial score (nSPS) is 45.1. The van der Waals surface area contributed by atoms with Gasteiger partial charge in [-0.15, -0.1) is 0 Å². The molecule has 0 aromatic heterocycles. The first kappa shape index (κ1) is 22.3. The summed E-state index contributed by atoms with van der Waals surface area (Å²) in [6.07, 6.45) is 13.8. The fourth-order valence-corrected chi connectivity index (χ4v) is 7.37. The fourth-order valence-electron chi connectivity index (χ4n) is 7.37. The van der Waals surface area contributed by atoms with Gasteiger partial charge in [-0.2, -0.15) is 0 Å². The monoisotopic (exact) mass is 419 g/mol. The van der Waals surface area contributed by atoms with E-state index in [-0.39, 0.29) is 42.0 Å². The summed E-state index contributed by atoms with van der Waals surface area (Å²) in [5.41, 5.74) is 13.2. The van der Waals surface area contributed by atoms with E-state index in [1.54, 1.807) is 0 Å². The molecule has 2 aliphatic carbocycles. The molecule has 6 heteroatoms. The van der Waals surface area contributed by atoms with Crippen LogP contribution in [0.4, 0.5) is 0 Å². The molecule has 3 heterocycles. The number of hydrogen-bond acceptors (Lipinski definition) is 6. The number of nitrogens with two attached hydrogens (primary N) is 2. The number of fused-ring (bicyclic) bond motifs is 3. The number of hydrogen-bond donors (Lipinski definition) is 5. The van der Waals surface area contributed by atoms with Gasteiger partial charge in [-0.25, -0.2) is 0 Å². The second kappa shape index (κ2) is 8.21. The number of nitrogens with one attached hydrogen (secondary N) is 1. The number of allylic oxidation sites excluding steroid dienone is 2. The van der Waals surface area contributed by atoms with Gasteiger partial charge in [-0.05, 0) is 94.6 Å². The van der Waals surface area contributed by atoms with E-state index in [0.29, 0.717) is 24.2 Å². The topological polar surface area (TPSA) is 114 Å². The van der Waals surface area contributed by atoms with Gasteiger partial charge in [0, 0.05) is 30.9 Å². The zero-order chi connectivity index (χ0) is 21.6. The van der Waals surface area contributed by atoms with Gasteiger partial charge in [0.1, 0.15) is 0 Å². The Morgan fingerprint density at radius 3 is 2.60 bits per heavy atom. The SMILES string of the molecule is CC1(C)OC2(C3CC(CO)CC(CC4=CNC(N)C=C4)C3)CCC1C(N)(CCO)C2. The zero-order valence-corrected chi connectivity index (χ0v) is 18.6. The van der Waals surface area contributed by atoms with E-state index in [9.17, 15) is 10.2 Å². The molecular formula is C24H41N3O3. The van der Waals surface area contributed by atoms with Gasteiger partial charge < -0.3 is 31.7 Å². The van der Waals surface area contributed by atoms with Crippen LogP contribution in [0.15, 0.2) is 23.9 Å². The lowest BCUT2D eigenvalue weighted by Crippen LogP contribution is -2.72. The van der Waals surface area contributed by atoms with Crippen molar-refractivity contribution in [2.45, 2.75) is 88.1 Å². The van der Waals surface area contributed by atoms with Gasteiger partial charge in [0.2, 0.25) is 0 Å². The van der Waals surface area contributed by atoms with Crippen LogP contribution < -0.4 is 16.8 Å². The molecule has 2 bridgehead atoms. The van der Waals surface area contributed by atoms with Crippen LogP contribution in [0.5, 0.6) is 0 Å². The Morgan fingerprint density at radius 1 is 1.20 bits per heavy atom. The second-order valence-electron chi connectivity index (χ2n) is 11.0. The van der Waals surface area contributed by atoms with Crippen molar-refractivity contribution in [1.82, 2.24) is 5.32 Å². The van der Waals surface area contributed by atoms with E-state index < -0.39 is 0 Å². The summed E-state index contributed by atoms with van der Waals surface area (Å²) in [5.74, 6) is 1.49. The number of aliphatic hydroxyl groups excluding tert-OH is 2. The van der Waals surface area contributed by atoms with Crippen molar-refractivity contribution in [3.8, 4) is 0 Å². The highest BCUT2D eigenvalue weighted by Crippen LogP contribution is 2.60. The molecule has 2 saturated carbocycles. The fraction of sp³-hybridized carbons (Fsp3) is 0.833. The molecule has 7 atom stereocenters. The average molecular weight is 420 g/mol. The maximum absolute atomic E-state index is 10.1. The quantitative estimate of drug-likeness (QED) is 0.451. The van der Waals surface area contributed by atoms with E-state index in [1.807, 2.05) is 12.3 Å².